The summed E-state index contributed by atoms with van der Waals surface area (Å²) in [6, 6.07) is 13.1. The van der Waals surface area contributed by atoms with Gasteiger partial charge in [-0.25, -0.2) is 15.0 Å². The van der Waals surface area contributed by atoms with Gasteiger partial charge in [-0.15, -0.1) is 11.3 Å². The van der Waals surface area contributed by atoms with Gasteiger partial charge >= 0.3 is 0 Å². The monoisotopic (exact) mass is 473 g/mol. The van der Waals surface area contributed by atoms with Crippen LogP contribution in [0.3, 0.4) is 0 Å². The number of fused-ring (bicyclic) bond motifs is 1. The average molecular weight is 474 g/mol. The van der Waals surface area contributed by atoms with Crippen LogP contribution in [0.25, 0.3) is 10.9 Å². The summed E-state index contributed by atoms with van der Waals surface area (Å²) in [5.74, 6) is 0.0918. The van der Waals surface area contributed by atoms with Crippen LogP contribution in [0.4, 0.5) is 5.82 Å². The molecule has 3 N–H and O–H groups in total. The smallest absolute Gasteiger partial charge is 0.250 e. The van der Waals surface area contributed by atoms with Crippen molar-refractivity contribution >= 4 is 39.7 Å². The third-order valence-corrected chi connectivity index (χ3v) is 6.49. The first kappa shape index (κ1) is 23.5. The van der Waals surface area contributed by atoms with E-state index in [1.165, 1.54) is 17.7 Å². The molecule has 0 aliphatic rings. The molecular formula is C26H27N5O2S. The van der Waals surface area contributed by atoms with Crippen LogP contribution in [0.5, 0.6) is 0 Å². The summed E-state index contributed by atoms with van der Waals surface area (Å²) in [4.78, 5) is 37.8. The molecule has 0 spiro atoms. The summed E-state index contributed by atoms with van der Waals surface area (Å²) in [5, 5.41) is 6.62. The molecule has 0 saturated carbocycles. The summed E-state index contributed by atoms with van der Waals surface area (Å²) in [6.45, 7) is 8.28. The number of amides is 1. The summed E-state index contributed by atoms with van der Waals surface area (Å²) in [6.07, 6.45) is 1.70. The number of nitrogens with one attached hydrogen (secondary N) is 1. The summed E-state index contributed by atoms with van der Waals surface area (Å²) < 4.78 is 0. The van der Waals surface area contributed by atoms with E-state index in [2.05, 4.69) is 41.0 Å². The van der Waals surface area contributed by atoms with Crippen LogP contribution in [0.1, 0.15) is 70.7 Å². The molecule has 8 heteroatoms. The van der Waals surface area contributed by atoms with Crippen molar-refractivity contribution in [2.24, 2.45) is 5.73 Å². The highest BCUT2D eigenvalue weighted by Crippen LogP contribution is 2.27. The number of Topliss-reactive ketones (excluding diaryl/α,β-unsaturated/α-hetero) is 1. The molecule has 2 aromatic carbocycles. The van der Waals surface area contributed by atoms with Gasteiger partial charge in [0.1, 0.15) is 12.1 Å². The number of carbonyl (C=O) groups excluding carboxylic acids is 2. The van der Waals surface area contributed by atoms with E-state index in [9.17, 15) is 9.59 Å². The first-order valence-electron chi connectivity index (χ1n) is 11.0. The Morgan fingerprint density at radius 3 is 2.59 bits per heavy atom. The number of thiazole rings is 1. The molecule has 2 heterocycles. The quantitative estimate of drug-likeness (QED) is 0.362. The number of hydrogen-bond donors (Lipinski definition) is 2. The number of anilines is 1. The molecule has 34 heavy (non-hydrogen) atoms. The fraction of sp³-hybridized carbons (Fsp3) is 0.269. The van der Waals surface area contributed by atoms with Crippen molar-refractivity contribution in [2.75, 3.05) is 5.32 Å². The van der Waals surface area contributed by atoms with Gasteiger partial charge < -0.3 is 11.1 Å². The Labute approximate surface area is 202 Å². The maximum Gasteiger partial charge on any atom is 0.250 e. The van der Waals surface area contributed by atoms with Gasteiger partial charge in [0.25, 0.3) is 5.91 Å². The second-order valence-corrected chi connectivity index (χ2v) is 10.1. The highest BCUT2D eigenvalue weighted by molar-refractivity contribution is 7.11. The lowest BCUT2D eigenvalue weighted by Gasteiger charge is -2.17. The van der Waals surface area contributed by atoms with Gasteiger partial charge in [-0.1, -0.05) is 51.1 Å². The van der Waals surface area contributed by atoms with Crippen molar-refractivity contribution in [3.05, 3.63) is 81.6 Å². The topological polar surface area (TPSA) is 111 Å². The Balaban J connectivity index is 1.53. The van der Waals surface area contributed by atoms with Crippen molar-refractivity contribution in [3.63, 3.8) is 0 Å². The molecular weight excluding hydrogens is 446 g/mol. The van der Waals surface area contributed by atoms with Crippen molar-refractivity contribution in [3.8, 4) is 0 Å². The second-order valence-electron chi connectivity index (χ2n) is 9.29. The second kappa shape index (κ2) is 9.30. The maximum absolute atomic E-state index is 12.8. The molecule has 4 rings (SSSR count). The largest absolute Gasteiger partial charge is 0.366 e. The minimum atomic E-state index is -0.532. The Kier molecular flexibility index (Phi) is 6.43. The number of carbonyl (C=O) groups is 2. The van der Waals surface area contributed by atoms with Gasteiger partial charge in [-0.05, 0) is 30.2 Å². The lowest BCUT2D eigenvalue weighted by Crippen LogP contribution is -2.13. The number of para-hydroxylation sites is 1. The van der Waals surface area contributed by atoms with Crippen LogP contribution in [0, 0.1) is 0 Å². The van der Waals surface area contributed by atoms with Gasteiger partial charge in [0.15, 0.2) is 10.8 Å². The average Bonchev–Trinajstić information content (AvgIpc) is 3.30. The summed E-state index contributed by atoms with van der Waals surface area (Å²) in [5.41, 5.74) is 9.14. The van der Waals surface area contributed by atoms with E-state index in [0.29, 0.717) is 21.9 Å². The zero-order valence-corrected chi connectivity index (χ0v) is 20.4. The minimum absolute atomic E-state index is 0.0130. The lowest BCUT2D eigenvalue weighted by molar-refractivity contribution is 0.0987. The van der Waals surface area contributed by atoms with Crippen LogP contribution >= 0.6 is 11.3 Å². The van der Waals surface area contributed by atoms with Crippen molar-refractivity contribution in [1.82, 2.24) is 15.0 Å². The van der Waals surface area contributed by atoms with Crippen LogP contribution in [-0.2, 0) is 11.8 Å². The Morgan fingerprint density at radius 2 is 1.88 bits per heavy atom. The van der Waals surface area contributed by atoms with E-state index in [1.807, 2.05) is 42.6 Å². The predicted octanol–water partition coefficient (Wildman–Crippen LogP) is 5.08. The number of nitrogens with two attached hydrogens (primary N) is 1. The Hall–Kier alpha value is -3.65. The van der Waals surface area contributed by atoms with E-state index in [0.717, 1.165) is 22.2 Å². The zero-order valence-electron chi connectivity index (χ0n) is 19.6. The van der Waals surface area contributed by atoms with Crippen molar-refractivity contribution < 1.29 is 9.59 Å². The molecule has 0 aliphatic heterocycles. The van der Waals surface area contributed by atoms with Crippen molar-refractivity contribution in [2.45, 2.75) is 45.6 Å². The molecule has 2 aromatic heterocycles. The van der Waals surface area contributed by atoms with Crippen LogP contribution < -0.4 is 11.1 Å². The van der Waals surface area contributed by atoms with Gasteiger partial charge in [0, 0.05) is 28.6 Å². The van der Waals surface area contributed by atoms with Crippen LogP contribution in [-0.4, -0.2) is 26.6 Å². The SMILES string of the molecule is C[C@@H](Nc1ncnc2c(C(N)=O)cccc12)c1cccc(CC(=O)c2nc(C(C)(C)C)cs2)c1. The van der Waals surface area contributed by atoms with Crippen LogP contribution in [0.2, 0.25) is 0 Å². The molecule has 0 aliphatic carbocycles. The first-order valence-corrected chi connectivity index (χ1v) is 11.9. The number of rotatable bonds is 7. The lowest BCUT2D eigenvalue weighted by atomic mass is 9.93. The number of nitrogens with zero attached hydrogens (tertiary/aromatic N) is 3. The van der Waals surface area contributed by atoms with E-state index in [-0.39, 0.29) is 23.7 Å². The normalized spacial score (nSPS) is 12.5. The molecule has 174 valence electrons. The van der Waals surface area contributed by atoms with Gasteiger partial charge in [0.05, 0.1) is 16.8 Å². The molecule has 0 saturated heterocycles. The van der Waals surface area contributed by atoms with Gasteiger partial charge in [-0.3, -0.25) is 9.59 Å². The van der Waals surface area contributed by atoms with E-state index < -0.39 is 5.91 Å². The highest BCUT2D eigenvalue weighted by atomic mass is 32.1. The number of hydrogen-bond acceptors (Lipinski definition) is 7. The zero-order chi connectivity index (χ0) is 24.5. The number of ketones is 1. The standard InChI is InChI=1S/C26H27N5O2S/c1-15(30-24-19-10-6-9-18(23(27)33)22(19)28-14-29-24)17-8-5-7-16(11-17)12-20(32)25-31-21(13-34-25)26(2,3)4/h5-11,13-15H,12H2,1-4H3,(H2,27,33)(H,28,29,30)/t15-/m1/s1. The number of aromatic nitrogens is 3. The fourth-order valence-corrected chi connectivity index (χ4v) is 4.65. The molecule has 1 atom stereocenters. The fourth-order valence-electron chi connectivity index (χ4n) is 3.67. The maximum atomic E-state index is 12.8. The molecule has 7 nitrogen and oxygen atoms in total. The summed E-state index contributed by atoms with van der Waals surface area (Å²) in [7, 11) is 0. The van der Waals surface area contributed by atoms with Crippen LogP contribution in [0.15, 0.2) is 54.2 Å². The van der Waals surface area contributed by atoms with E-state index in [4.69, 9.17) is 5.73 Å². The van der Waals surface area contributed by atoms with E-state index >= 15 is 0 Å². The van der Waals surface area contributed by atoms with Crippen molar-refractivity contribution in [1.29, 1.82) is 0 Å². The van der Waals surface area contributed by atoms with E-state index in [1.54, 1.807) is 12.1 Å². The van der Waals surface area contributed by atoms with Gasteiger partial charge in [0.2, 0.25) is 0 Å². The molecule has 0 radical (unpaired) electrons. The molecule has 4 aromatic rings. The molecule has 0 bridgehead atoms. The molecule has 0 unspecified atom stereocenters. The third kappa shape index (κ3) is 4.97. The first-order chi connectivity index (χ1) is 16.1. The Morgan fingerprint density at radius 1 is 1.12 bits per heavy atom. The number of benzene rings is 2. The highest BCUT2D eigenvalue weighted by Gasteiger charge is 2.20. The molecule has 1 amide bonds. The Bertz CT molecular complexity index is 1370. The third-order valence-electron chi connectivity index (χ3n) is 5.61. The molecule has 0 fully saturated rings. The summed E-state index contributed by atoms with van der Waals surface area (Å²) >= 11 is 1.40. The minimum Gasteiger partial charge on any atom is -0.366 e. The predicted molar refractivity (Wildman–Crippen MR) is 135 cm³/mol. The number of primary amides is 1. The van der Waals surface area contributed by atoms with Gasteiger partial charge in [-0.2, -0.15) is 0 Å².